The van der Waals surface area contributed by atoms with E-state index in [1.54, 1.807) is 0 Å². The van der Waals surface area contributed by atoms with Gasteiger partial charge in [0.25, 0.3) is 0 Å². The van der Waals surface area contributed by atoms with Crippen LogP contribution in [0.3, 0.4) is 0 Å². The van der Waals surface area contributed by atoms with Gasteiger partial charge < -0.3 is 4.18 Å². The van der Waals surface area contributed by atoms with E-state index in [-0.39, 0.29) is 6.20 Å². The minimum Gasteiger partial charge on any atom is -0.374 e. The minimum atomic E-state index is -5.92. The maximum atomic E-state index is 12.0. The molecule has 0 aliphatic rings. The van der Waals surface area contributed by atoms with Crippen LogP contribution in [0.1, 0.15) is 5.69 Å². The molecule has 0 atom stereocenters. The van der Waals surface area contributed by atoms with Crippen molar-refractivity contribution >= 4 is 10.1 Å². The van der Waals surface area contributed by atoms with Gasteiger partial charge in [-0.3, -0.25) is 0 Å². The lowest BCUT2D eigenvalue weighted by molar-refractivity contribution is -0.141. The molecule has 0 aromatic carbocycles. The number of hydrogen-bond donors (Lipinski definition) is 0. The summed E-state index contributed by atoms with van der Waals surface area (Å²) in [4.78, 5) is 2.73. The Bertz CT molecular complexity index is 518. The Balaban J connectivity index is 2.96. The summed E-state index contributed by atoms with van der Waals surface area (Å²) in [6, 6.07) is 0.709. The summed E-state index contributed by atoms with van der Waals surface area (Å²) in [6.07, 6.45) is -4.56. The number of rotatable bonds is 2. The summed E-state index contributed by atoms with van der Waals surface area (Å²) in [5.41, 5.74) is -7.06. The Morgan fingerprint density at radius 3 is 1.94 bits per heavy atom. The van der Waals surface area contributed by atoms with Crippen molar-refractivity contribution in [3.05, 3.63) is 24.0 Å². The molecule has 0 saturated carbocycles. The lowest BCUT2D eigenvalue weighted by atomic mass is 10.3. The molecular formula is C7H3F6NO3S. The van der Waals surface area contributed by atoms with Crippen LogP contribution in [-0.4, -0.2) is 18.9 Å². The lowest BCUT2D eigenvalue weighted by Crippen LogP contribution is -2.28. The summed E-state index contributed by atoms with van der Waals surface area (Å²) in [7, 11) is -5.92. The second kappa shape index (κ2) is 4.30. The fraction of sp³-hybridized carbons (Fsp3) is 0.286. The number of alkyl halides is 6. The molecule has 0 aliphatic carbocycles. The third kappa shape index (κ3) is 3.24. The van der Waals surface area contributed by atoms with E-state index in [1.807, 2.05) is 0 Å². The predicted molar refractivity (Wildman–Crippen MR) is 44.8 cm³/mol. The zero-order chi connectivity index (χ0) is 14.2. The van der Waals surface area contributed by atoms with Gasteiger partial charge in [-0.25, -0.2) is 4.98 Å². The van der Waals surface area contributed by atoms with E-state index in [0.717, 1.165) is 0 Å². The van der Waals surface area contributed by atoms with Gasteiger partial charge in [0.1, 0.15) is 5.69 Å². The van der Waals surface area contributed by atoms with E-state index in [4.69, 9.17) is 0 Å². The molecule has 1 heterocycles. The summed E-state index contributed by atoms with van der Waals surface area (Å²) in [6.45, 7) is 0. The minimum absolute atomic E-state index is 0.228. The first-order valence-corrected chi connectivity index (χ1v) is 5.38. The molecule has 0 fully saturated rings. The normalized spacial score (nSPS) is 13.4. The van der Waals surface area contributed by atoms with Gasteiger partial charge in [-0.15, -0.1) is 0 Å². The van der Waals surface area contributed by atoms with Crippen LogP contribution in [0.2, 0.25) is 0 Å². The van der Waals surface area contributed by atoms with Crippen LogP contribution in [-0.2, 0) is 16.3 Å². The third-order valence-corrected chi connectivity index (χ3v) is 2.49. The van der Waals surface area contributed by atoms with Gasteiger partial charge in [0.05, 0.1) is 6.20 Å². The standard InChI is InChI=1S/C7H3F6NO3S/c8-6(9,10)5-2-1-4(3-14-5)17-18(15,16)7(11,12)13/h1-3H. The average molecular weight is 295 g/mol. The average Bonchev–Trinajstić information content (AvgIpc) is 2.14. The molecule has 0 bridgehead atoms. The summed E-state index contributed by atoms with van der Waals surface area (Å²) >= 11 is 0. The van der Waals surface area contributed by atoms with Crippen molar-refractivity contribution in [2.45, 2.75) is 11.7 Å². The van der Waals surface area contributed by atoms with Crippen molar-refractivity contribution in [2.24, 2.45) is 0 Å². The van der Waals surface area contributed by atoms with Crippen LogP contribution in [0.25, 0.3) is 0 Å². The van der Waals surface area contributed by atoms with E-state index in [2.05, 4.69) is 9.17 Å². The number of hydrogen-bond acceptors (Lipinski definition) is 4. The van der Waals surface area contributed by atoms with Crippen LogP contribution in [0.15, 0.2) is 18.3 Å². The highest BCUT2D eigenvalue weighted by Gasteiger charge is 2.48. The van der Waals surface area contributed by atoms with Gasteiger partial charge in [-0.05, 0) is 12.1 Å². The molecule has 0 N–H and O–H groups in total. The number of nitrogens with zero attached hydrogens (tertiary/aromatic N) is 1. The van der Waals surface area contributed by atoms with Crippen LogP contribution in [0.5, 0.6) is 5.75 Å². The van der Waals surface area contributed by atoms with Gasteiger partial charge in [0.15, 0.2) is 5.75 Å². The molecule has 0 unspecified atom stereocenters. The van der Waals surface area contributed by atoms with Gasteiger partial charge in [-0.2, -0.15) is 34.8 Å². The highest BCUT2D eigenvalue weighted by atomic mass is 32.2. The smallest absolute Gasteiger partial charge is 0.374 e. The van der Waals surface area contributed by atoms with Crippen molar-refractivity contribution in [1.29, 1.82) is 0 Å². The fourth-order valence-electron chi connectivity index (χ4n) is 0.771. The largest absolute Gasteiger partial charge is 0.534 e. The third-order valence-electron chi connectivity index (χ3n) is 1.52. The second-order valence-electron chi connectivity index (χ2n) is 2.86. The van der Waals surface area contributed by atoms with E-state index in [1.165, 1.54) is 0 Å². The molecule has 0 saturated heterocycles. The Morgan fingerprint density at radius 2 is 1.61 bits per heavy atom. The van der Waals surface area contributed by atoms with Crippen LogP contribution < -0.4 is 4.18 Å². The van der Waals surface area contributed by atoms with Crippen molar-refractivity contribution < 1.29 is 38.9 Å². The first kappa shape index (κ1) is 14.5. The molecular weight excluding hydrogens is 292 g/mol. The molecule has 102 valence electrons. The van der Waals surface area contributed by atoms with E-state index < -0.39 is 33.2 Å². The van der Waals surface area contributed by atoms with E-state index in [9.17, 15) is 34.8 Å². The molecule has 0 spiro atoms. The van der Waals surface area contributed by atoms with Crippen LogP contribution >= 0.6 is 0 Å². The molecule has 1 rings (SSSR count). The van der Waals surface area contributed by atoms with Crippen molar-refractivity contribution in [1.82, 2.24) is 4.98 Å². The monoisotopic (exact) mass is 295 g/mol. The van der Waals surface area contributed by atoms with E-state index in [0.29, 0.717) is 12.1 Å². The lowest BCUT2D eigenvalue weighted by Gasteiger charge is -2.10. The summed E-state index contributed by atoms with van der Waals surface area (Å²) < 4.78 is 96.3. The Kier molecular flexibility index (Phi) is 3.47. The van der Waals surface area contributed by atoms with Crippen molar-refractivity contribution in [2.75, 3.05) is 0 Å². The highest BCUT2D eigenvalue weighted by Crippen LogP contribution is 2.30. The van der Waals surface area contributed by atoms with Gasteiger partial charge >= 0.3 is 21.8 Å². The molecule has 18 heavy (non-hydrogen) atoms. The van der Waals surface area contributed by atoms with Crippen LogP contribution in [0, 0.1) is 0 Å². The zero-order valence-electron chi connectivity index (χ0n) is 8.08. The van der Waals surface area contributed by atoms with Gasteiger partial charge in [-0.1, -0.05) is 0 Å². The van der Waals surface area contributed by atoms with Gasteiger partial charge in [0.2, 0.25) is 0 Å². The Morgan fingerprint density at radius 1 is 1.06 bits per heavy atom. The quantitative estimate of drug-likeness (QED) is 0.477. The topological polar surface area (TPSA) is 56.3 Å². The first-order valence-electron chi connectivity index (χ1n) is 3.97. The maximum Gasteiger partial charge on any atom is 0.534 e. The summed E-state index contributed by atoms with van der Waals surface area (Å²) in [5, 5.41) is 0. The molecule has 0 radical (unpaired) electrons. The maximum absolute atomic E-state index is 12.0. The molecule has 4 nitrogen and oxygen atoms in total. The Hall–Kier alpha value is -1.52. The van der Waals surface area contributed by atoms with Crippen LogP contribution in [0.4, 0.5) is 26.3 Å². The number of pyridine rings is 1. The zero-order valence-corrected chi connectivity index (χ0v) is 8.90. The SMILES string of the molecule is O=S(=O)(Oc1ccc(C(F)(F)F)nc1)C(F)(F)F. The first-order chi connectivity index (χ1) is 7.93. The molecule has 11 heteroatoms. The fourth-order valence-corrected chi connectivity index (χ4v) is 1.22. The van der Waals surface area contributed by atoms with Crippen molar-refractivity contribution in [3.63, 3.8) is 0 Å². The number of aromatic nitrogens is 1. The predicted octanol–water partition coefficient (Wildman–Crippen LogP) is 2.33. The molecule has 1 aromatic heterocycles. The highest BCUT2D eigenvalue weighted by molar-refractivity contribution is 7.87. The Labute approximate surface area is 96.3 Å². The number of halogens is 6. The molecule has 0 aliphatic heterocycles. The van der Waals surface area contributed by atoms with Gasteiger partial charge in [0, 0.05) is 0 Å². The van der Waals surface area contributed by atoms with E-state index >= 15 is 0 Å². The molecule has 0 amide bonds. The molecule has 1 aromatic rings. The second-order valence-corrected chi connectivity index (χ2v) is 4.40. The van der Waals surface area contributed by atoms with Crippen molar-refractivity contribution in [3.8, 4) is 5.75 Å². The summed E-state index contributed by atoms with van der Waals surface area (Å²) in [5.74, 6) is -0.972.